The standard InChI is InChI=1S/C34H26FN3O3/c35-22-15-17-23(18-16-22)38-32(40)30-29-24-10-4-6-12-26(24)34(31(30)33(38)41,27-13-7-5-11-25(27)29)20-36-37-28(39)19-14-21-8-2-1-3-9-21/h1-13,15-18,20,29-31H,14,19H2,(H,37,39)/b36-20+. The fourth-order valence-corrected chi connectivity index (χ4v) is 7.06. The molecule has 3 amide bonds. The number of hydrogen-bond acceptors (Lipinski definition) is 4. The zero-order chi connectivity index (χ0) is 28.1. The first kappa shape index (κ1) is 25.1. The Bertz CT molecular complexity index is 1670. The van der Waals surface area contributed by atoms with Gasteiger partial charge in [-0.3, -0.25) is 14.4 Å². The summed E-state index contributed by atoms with van der Waals surface area (Å²) < 4.78 is 13.7. The molecule has 4 aliphatic rings. The minimum absolute atomic E-state index is 0.245. The van der Waals surface area contributed by atoms with E-state index in [1.807, 2.05) is 78.9 Å². The molecule has 1 fully saturated rings. The second kappa shape index (κ2) is 9.63. The maximum absolute atomic E-state index is 14.3. The minimum Gasteiger partial charge on any atom is -0.274 e. The van der Waals surface area contributed by atoms with Crippen LogP contribution in [0, 0.1) is 17.7 Å². The van der Waals surface area contributed by atoms with Crippen LogP contribution < -0.4 is 10.3 Å². The van der Waals surface area contributed by atoms with Crippen molar-refractivity contribution in [3.63, 3.8) is 0 Å². The molecule has 2 atom stereocenters. The molecule has 0 saturated carbocycles. The maximum atomic E-state index is 14.3. The molecule has 0 aromatic heterocycles. The SMILES string of the molecule is O=C(CCc1ccccc1)N/N=C/C12c3ccccc3C(c3ccccc31)C1C(=O)N(c3ccc(F)cc3)C(=O)C12. The average molecular weight is 544 g/mol. The summed E-state index contributed by atoms with van der Waals surface area (Å²) in [5, 5.41) is 4.45. The molecule has 1 aliphatic heterocycles. The Labute approximate surface area is 236 Å². The molecule has 202 valence electrons. The van der Waals surface area contributed by atoms with E-state index in [4.69, 9.17) is 0 Å². The summed E-state index contributed by atoms with van der Waals surface area (Å²) in [7, 11) is 0. The van der Waals surface area contributed by atoms with Crippen molar-refractivity contribution in [3.8, 4) is 0 Å². The van der Waals surface area contributed by atoms with Gasteiger partial charge in [0.1, 0.15) is 5.82 Å². The zero-order valence-corrected chi connectivity index (χ0v) is 22.0. The molecule has 0 spiro atoms. The van der Waals surface area contributed by atoms with Crippen LogP contribution in [0.1, 0.15) is 40.2 Å². The lowest BCUT2D eigenvalue weighted by molar-refractivity contribution is -0.123. The minimum atomic E-state index is -1.08. The van der Waals surface area contributed by atoms with Crippen molar-refractivity contribution in [2.75, 3.05) is 4.90 Å². The van der Waals surface area contributed by atoms with E-state index in [-0.39, 0.29) is 30.1 Å². The van der Waals surface area contributed by atoms with Crippen LogP contribution in [0.15, 0.2) is 108 Å². The van der Waals surface area contributed by atoms with Gasteiger partial charge in [0.15, 0.2) is 0 Å². The lowest BCUT2D eigenvalue weighted by Crippen LogP contribution is -2.54. The molecule has 2 unspecified atom stereocenters. The van der Waals surface area contributed by atoms with Gasteiger partial charge in [0, 0.05) is 18.6 Å². The molecule has 1 N–H and O–H groups in total. The van der Waals surface area contributed by atoms with E-state index < -0.39 is 23.1 Å². The number of halogens is 1. The number of nitrogens with zero attached hydrogens (tertiary/aromatic N) is 2. The van der Waals surface area contributed by atoms with Crippen molar-refractivity contribution < 1.29 is 18.8 Å². The number of rotatable bonds is 6. The number of carbonyl (C=O) groups excluding carboxylic acids is 3. The zero-order valence-electron chi connectivity index (χ0n) is 22.0. The van der Waals surface area contributed by atoms with Crippen LogP contribution in [0.5, 0.6) is 0 Å². The molecule has 1 saturated heterocycles. The van der Waals surface area contributed by atoms with Crippen molar-refractivity contribution in [2.24, 2.45) is 16.9 Å². The van der Waals surface area contributed by atoms with Crippen LogP contribution in [-0.4, -0.2) is 23.9 Å². The van der Waals surface area contributed by atoms with Gasteiger partial charge in [-0.25, -0.2) is 14.7 Å². The second-order valence-electron chi connectivity index (χ2n) is 10.8. The lowest BCUT2D eigenvalue weighted by Gasteiger charge is -2.52. The monoisotopic (exact) mass is 543 g/mol. The van der Waals surface area contributed by atoms with Gasteiger partial charge in [-0.1, -0.05) is 78.9 Å². The van der Waals surface area contributed by atoms with Gasteiger partial charge in [0.25, 0.3) is 0 Å². The maximum Gasteiger partial charge on any atom is 0.240 e. The van der Waals surface area contributed by atoms with Gasteiger partial charge in [-0.2, -0.15) is 5.10 Å². The summed E-state index contributed by atoms with van der Waals surface area (Å²) in [4.78, 5) is 42.3. The van der Waals surface area contributed by atoms with Crippen molar-refractivity contribution in [1.82, 2.24) is 5.43 Å². The number of nitrogens with one attached hydrogen (secondary N) is 1. The Hall–Kier alpha value is -4.91. The topological polar surface area (TPSA) is 78.8 Å². The summed E-state index contributed by atoms with van der Waals surface area (Å²) in [5.41, 5.74) is 6.71. The molecule has 4 aromatic carbocycles. The normalized spacial score (nSPS) is 23.8. The first-order valence-electron chi connectivity index (χ1n) is 13.7. The molecule has 41 heavy (non-hydrogen) atoms. The number of imide groups is 1. The highest BCUT2D eigenvalue weighted by atomic mass is 19.1. The first-order chi connectivity index (χ1) is 20.0. The van der Waals surface area contributed by atoms with E-state index in [0.29, 0.717) is 12.1 Å². The second-order valence-corrected chi connectivity index (χ2v) is 10.8. The van der Waals surface area contributed by atoms with Gasteiger partial charge < -0.3 is 0 Å². The highest BCUT2D eigenvalue weighted by molar-refractivity contribution is 6.25. The van der Waals surface area contributed by atoms with Crippen LogP contribution in [0.3, 0.4) is 0 Å². The van der Waals surface area contributed by atoms with Crippen molar-refractivity contribution in [2.45, 2.75) is 24.2 Å². The summed E-state index contributed by atoms with van der Waals surface area (Å²) in [6.45, 7) is 0. The number of hydrazone groups is 1. The van der Waals surface area contributed by atoms with Crippen LogP contribution in [0.4, 0.5) is 10.1 Å². The van der Waals surface area contributed by atoms with Crippen molar-refractivity contribution in [3.05, 3.63) is 137 Å². The molecule has 2 bridgehead atoms. The van der Waals surface area contributed by atoms with E-state index in [1.54, 1.807) is 6.21 Å². The predicted molar refractivity (Wildman–Crippen MR) is 153 cm³/mol. The fraction of sp³-hybridized carbons (Fsp3) is 0.176. The van der Waals surface area contributed by atoms with Gasteiger partial charge in [-0.15, -0.1) is 0 Å². The molecular weight excluding hydrogens is 517 g/mol. The Morgan fingerprint density at radius 1 is 0.829 bits per heavy atom. The third kappa shape index (κ3) is 3.76. The van der Waals surface area contributed by atoms with E-state index >= 15 is 0 Å². The van der Waals surface area contributed by atoms with Gasteiger partial charge in [0.05, 0.1) is 22.9 Å². The van der Waals surface area contributed by atoms with E-state index in [2.05, 4.69) is 10.5 Å². The molecule has 0 radical (unpaired) electrons. The molecule has 1 heterocycles. The summed E-state index contributed by atoms with van der Waals surface area (Å²) in [5.74, 6) is -3.13. The van der Waals surface area contributed by atoms with Crippen molar-refractivity contribution >= 4 is 29.6 Å². The predicted octanol–water partition coefficient (Wildman–Crippen LogP) is 5.11. The third-order valence-corrected chi connectivity index (χ3v) is 8.71. The lowest BCUT2D eigenvalue weighted by atomic mass is 9.47. The molecule has 4 aromatic rings. The van der Waals surface area contributed by atoms with Crippen molar-refractivity contribution in [1.29, 1.82) is 0 Å². The van der Waals surface area contributed by atoms with Gasteiger partial charge >= 0.3 is 0 Å². The van der Waals surface area contributed by atoms with E-state index in [9.17, 15) is 18.8 Å². The largest absolute Gasteiger partial charge is 0.274 e. The van der Waals surface area contributed by atoms with Gasteiger partial charge in [-0.05, 0) is 58.5 Å². The van der Waals surface area contributed by atoms with Crippen LogP contribution >= 0.6 is 0 Å². The Morgan fingerprint density at radius 3 is 2.10 bits per heavy atom. The Kier molecular flexibility index (Phi) is 5.89. The van der Waals surface area contributed by atoms with Crippen LogP contribution in [-0.2, 0) is 26.2 Å². The number of amides is 3. The molecule has 8 rings (SSSR count). The van der Waals surface area contributed by atoms with E-state index in [1.165, 1.54) is 29.2 Å². The molecule has 3 aliphatic carbocycles. The highest BCUT2D eigenvalue weighted by Crippen LogP contribution is 2.63. The summed E-state index contributed by atoms with van der Waals surface area (Å²) in [6, 6.07) is 30.8. The third-order valence-electron chi connectivity index (χ3n) is 8.71. The quantitative estimate of drug-likeness (QED) is 0.209. The first-order valence-corrected chi connectivity index (χ1v) is 13.7. The average Bonchev–Trinajstić information content (AvgIpc) is 3.28. The highest BCUT2D eigenvalue weighted by Gasteiger charge is 2.68. The summed E-state index contributed by atoms with van der Waals surface area (Å²) in [6.07, 6.45) is 2.48. The number of hydrogen-bond donors (Lipinski definition) is 1. The fourth-order valence-electron chi connectivity index (χ4n) is 7.06. The van der Waals surface area contributed by atoms with Crippen LogP contribution in [0.2, 0.25) is 0 Å². The number of aryl methyl sites for hydroxylation is 1. The Balaban J connectivity index is 1.31. The number of carbonyl (C=O) groups is 3. The van der Waals surface area contributed by atoms with Crippen LogP contribution in [0.25, 0.3) is 0 Å². The van der Waals surface area contributed by atoms with E-state index in [0.717, 1.165) is 27.8 Å². The molecule has 7 heteroatoms. The summed E-state index contributed by atoms with van der Waals surface area (Å²) >= 11 is 0. The Morgan fingerprint density at radius 2 is 1.44 bits per heavy atom. The molecule has 6 nitrogen and oxygen atoms in total. The van der Waals surface area contributed by atoms with Gasteiger partial charge in [0.2, 0.25) is 17.7 Å². The number of benzene rings is 4. The number of anilines is 1. The molecular formula is C34H26FN3O3. The smallest absolute Gasteiger partial charge is 0.240 e.